The molecule has 2 rings (SSSR count). The fourth-order valence-corrected chi connectivity index (χ4v) is 2.48. The fraction of sp³-hybridized carbons (Fsp3) is 0.154. The third kappa shape index (κ3) is 3.39. The lowest BCUT2D eigenvalue weighted by molar-refractivity contribution is 0.0656. The Labute approximate surface area is 115 Å². The fourth-order valence-electron chi connectivity index (χ4n) is 1.49. The van der Waals surface area contributed by atoms with Crippen LogP contribution in [0, 0.1) is 0 Å². The van der Waals surface area contributed by atoms with Crippen LogP contribution < -0.4 is 4.74 Å². The quantitative estimate of drug-likeness (QED) is 0.874. The highest BCUT2D eigenvalue weighted by Gasteiger charge is 2.21. The molecule has 0 amide bonds. The standard InChI is InChI=1S/C13H12O6S/c14-13(15)11-6-7-12(19-11)20(16,17)9-8-18-10-4-2-1-3-5-10/h1-7H,8-9H2,(H,14,15). The van der Waals surface area contributed by atoms with E-state index in [0.717, 1.165) is 12.1 Å². The lowest BCUT2D eigenvalue weighted by Gasteiger charge is -2.05. The molecule has 1 aromatic carbocycles. The molecule has 0 fully saturated rings. The number of ether oxygens (including phenoxy) is 1. The number of hydrogen-bond acceptors (Lipinski definition) is 5. The lowest BCUT2D eigenvalue weighted by atomic mass is 10.3. The lowest BCUT2D eigenvalue weighted by Crippen LogP contribution is -2.13. The van der Waals surface area contributed by atoms with E-state index >= 15 is 0 Å². The molecule has 0 spiro atoms. The van der Waals surface area contributed by atoms with Crippen LogP contribution >= 0.6 is 0 Å². The minimum Gasteiger partial charge on any atom is -0.493 e. The van der Waals surface area contributed by atoms with Gasteiger partial charge in [0.25, 0.3) is 0 Å². The summed E-state index contributed by atoms with van der Waals surface area (Å²) in [5.41, 5.74) is 0. The highest BCUT2D eigenvalue weighted by molar-refractivity contribution is 7.91. The van der Waals surface area contributed by atoms with Crippen molar-refractivity contribution in [2.24, 2.45) is 0 Å². The van der Waals surface area contributed by atoms with E-state index in [4.69, 9.17) is 14.3 Å². The summed E-state index contributed by atoms with van der Waals surface area (Å²) >= 11 is 0. The number of benzene rings is 1. The predicted molar refractivity (Wildman–Crippen MR) is 69.7 cm³/mol. The molecular weight excluding hydrogens is 284 g/mol. The van der Waals surface area contributed by atoms with Crippen molar-refractivity contribution in [2.75, 3.05) is 12.4 Å². The number of carbonyl (C=O) groups is 1. The molecule has 106 valence electrons. The largest absolute Gasteiger partial charge is 0.493 e. The van der Waals surface area contributed by atoms with E-state index in [1.807, 2.05) is 6.07 Å². The molecule has 0 aliphatic carbocycles. The van der Waals surface area contributed by atoms with Crippen LogP contribution in [0.2, 0.25) is 0 Å². The van der Waals surface area contributed by atoms with Gasteiger partial charge in [-0.2, -0.15) is 0 Å². The van der Waals surface area contributed by atoms with Gasteiger partial charge in [-0.05, 0) is 24.3 Å². The second-order valence-electron chi connectivity index (χ2n) is 3.90. The SMILES string of the molecule is O=C(O)c1ccc(S(=O)(=O)CCOc2ccccc2)o1. The van der Waals surface area contributed by atoms with Crippen LogP contribution in [0.5, 0.6) is 5.75 Å². The Kier molecular flexibility index (Phi) is 4.09. The second-order valence-corrected chi connectivity index (χ2v) is 5.94. The maximum atomic E-state index is 11.9. The highest BCUT2D eigenvalue weighted by Crippen LogP contribution is 2.16. The Morgan fingerprint density at radius 1 is 1.15 bits per heavy atom. The molecule has 0 aliphatic rings. The molecule has 20 heavy (non-hydrogen) atoms. The smallest absolute Gasteiger partial charge is 0.371 e. The van der Waals surface area contributed by atoms with Crippen LogP contribution in [-0.2, 0) is 9.84 Å². The van der Waals surface area contributed by atoms with Crippen LogP contribution in [0.4, 0.5) is 0 Å². The third-order valence-electron chi connectivity index (χ3n) is 2.46. The molecule has 0 saturated carbocycles. The molecule has 1 heterocycles. The number of para-hydroxylation sites is 1. The molecule has 0 bridgehead atoms. The van der Waals surface area contributed by atoms with E-state index in [0.29, 0.717) is 5.75 Å². The van der Waals surface area contributed by atoms with Gasteiger partial charge in [-0.15, -0.1) is 0 Å². The van der Waals surface area contributed by atoms with E-state index in [-0.39, 0.29) is 17.5 Å². The summed E-state index contributed by atoms with van der Waals surface area (Å²) in [5, 5.41) is 8.31. The molecule has 0 aliphatic heterocycles. The molecule has 0 unspecified atom stereocenters. The van der Waals surface area contributed by atoms with Crippen LogP contribution in [0.25, 0.3) is 0 Å². The van der Waals surface area contributed by atoms with Crippen molar-refractivity contribution >= 4 is 15.8 Å². The van der Waals surface area contributed by atoms with Gasteiger partial charge in [-0.3, -0.25) is 0 Å². The van der Waals surface area contributed by atoms with E-state index in [2.05, 4.69) is 0 Å². The highest BCUT2D eigenvalue weighted by atomic mass is 32.2. The summed E-state index contributed by atoms with van der Waals surface area (Å²) in [5.74, 6) is -1.46. The van der Waals surface area contributed by atoms with Crippen molar-refractivity contribution in [3.05, 3.63) is 48.2 Å². The number of rotatable bonds is 6. The number of carboxylic acid groups (broad SMARTS) is 1. The molecule has 7 heteroatoms. The predicted octanol–water partition coefficient (Wildman–Crippen LogP) is 1.83. The zero-order valence-corrected chi connectivity index (χ0v) is 11.2. The van der Waals surface area contributed by atoms with Crippen LogP contribution in [0.15, 0.2) is 52.0 Å². The zero-order valence-electron chi connectivity index (χ0n) is 10.4. The monoisotopic (exact) mass is 296 g/mol. The first-order valence-electron chi connectivity index (χ1n) is 5.73. The van der Waals surface area contributed by atoms with Crippen LogP contribution in [-0.4, -0.2) is 31.9 Å². The normalized spacial score (nSPS) is 11.2. The van der Waals surface area contributed by atoms with Crippen molar-refractivity contribution in [1.82, 2.24) is 0 Å². The summed E-state index contributed by atoms with van der Waals surface area (Å²) in [6.07, 6.45) is 0. The summed E-state index contributed by atoms with van der Waals surface area (Å²) in [6, 6.07) is 11.0. The van der Waals surface area contributed by atoms with Crippen molar-refractivity contribution < 1.29 is 27.5 Å². The minimum atomic E-state index is -3.70. The summed E-state index contributed by atoms with van der Waals surface area (Å²) in [7, 11) is -3.70. The maximum Gasteiger partial charge on any atom is 0.371 e. The van der Waals surface area contributed by atoms with Gasteiger partial charge in [0.2, 0.25) is 20.7 Å². The first-order valence-corrected chi connectivity index (χ1v) is 7.38. The first-order chi connectivity index (χ1) is 9.49. The second kappa shape index (κ2) is 5.79. The summed E-state index contributed by atoms with van der Waals surface area (Å²) in [6.45, 7) is -0.0462. The molecule has 0 atom stereocenters. The molecular formula is C13H12O6S. The molecule has 1 N–H and O–H groups in total. The topological polar surface area (TPSA) is 93.8 Å². The Bertz CT molecular complexity index is 687. The van der Waals surface area contributed by atoms with Crippen molar-refractivity contribution in [3.8, 4) is 5.75 Å². The number of carboxylic acids is 1. The molecule has 6 nitrogen and oxygen atoms in total. The van der Waals surface area contributed by atoms with Gasteiger partial charge in [0, 0.05) is 0 Å². The van der Waals surface area contributed by atoms with Crippen molar-refractivity contribution in [3.63, 3.8) is 0 Å². The Morgan fingerprint density at radius 2 is 1.85 bits per heavy atom. The molecule has 0 saturated heterocycles. The molecule has 2 aromatic rings. The van der Waals surface area contributed by atoms with E-state index in [1.54, 1.807) is 24.3 Å². The number of aromatic carboxylic acids is 1. The maximum absolute atomic E-state index is 11.9. The van der Waals surface area contributed by atoms with Crippen molar-refractivity contribution in [1.29, 1.82) is 0 Å². The number of furan rings is 1. The van der Waals surface area contributed by atoms with Gasteiger partial charge in [0.1, 0.15) is 12.4 Å². The van der Waals surface area contributed by atoms with Gasteiger partial charge in [0.15, 0.2) is 0 Å². The van der Waals surface area contributed by atoms with Gasteiger partial charge in [-0.25, -0.2) is 13.2 Å². The van der Waals surface area contributed by atoms with E-state index in [1.165, 1.54) is 0 Å². The first kappa shape index (κ1) is 14.1. The minimum absolute atomic E-state index is 0.0462. The van der Waals surface area contributed by atoms with E-state index in [9.17, 15) is 13.2 Å². The van der Waals surface area contributed by atoms with Crippen molar-refractivity contribution in [2.45, 2.75) is 5.09 Å². The van der Waals surface area contributed by atoms with Gasteiger partial charge < -0.3 is 14.3 Å². The average molecular weight is 296 g/mol. The Balaban J connectivity index is 1.98. The average Bonchev–Trinajstić information content (AvgIpc) is 2.90. The zero-order chi connectivity index (χ0) is 14.6. The Morgan fingerprint density at radius 3 is 2.45 bits per heavy atom. The summed E-state index contributed by atoms with van der Waals surface area (Å²) in [4.78, 5) is 10.6. The molecule has 1 aromatic heterocycles. The van der Waals surface area contributed by atoms with Gasteiger partial charge >= 0.3 is 5.97 Å². The molecule has 0 radical (unpaired) electrons. The van der Waals surface area contributed by atoms with Crippen LogP contribution in [0.1, 0.15) is 10.6 Å². The van der Waals surface area contributed by atoms with Gasteiger partial charge in [0.05, 0.1) is 5.75 Å². The van der Waals surface area contributed by atoms with Gasteiger partial charge in [-0.1, -0.05) is 18.2 Å². The number of hydrogen-bond donors (Lipinski definition) is 1. The number of sulfone groups is 1. The van der Waals surface area contributed by atoms with E-state index < -0.39 is 21.6 Å². The third-order valence-corrected chi connectivity index (χ3v) is 4.00. The summed E-state index contributed by atoms with van der Waals surface area (Å²) < 4.78 is 33.8. The Hall–Kier alpha value is -2.28. The van der Waals surface area contributed by atoms with Crippen LogP contribution in [0.3, 0.4) is 0 Å².